The summed E-state index contributed by atoms with van der Waals surface area (Å²) in [6.45, 7) is 11.2. The average Bonchev–Trinajstić information content (AvgIpc) is 2.34. The van der Waals surface area contributed by atoms with E-state index >= 15 is 0 Å². The van der Waals surface area contributed by atoms with Gasteiger partial charge in [-0.3, -0.25) is 0 Å². The molecule has 0 radical (unpaired) electrons. The normalized spacial score (nSPS) is 27.6. The molecule has 1 aromatic rings. The lowest BCUT2D eigenvalue weighted by atomic mass is 9.92. The van der Waals surface area contributed by atoms with Gasteiger partial charge in [-0.1, -0.05) is 46.8 Å². The molecular weight excluding hydrogens is 372 g/mol. The molecular formula is C14H21BrN2S3. The highest BCUT2D eigenvalue weighted by molar-refractivity contribution is 9.10. The maximum absolute atomic E-state index is 5.43. The number of hydrogen-bond donors (Lipinski definition) is 1. The number of aromatic nitrogens is 2. The Hall–Kier alpha value is 0.480. The monoisotopic (exact) mass is 392 g/mol. The van der Waals surface area contributed by atoms with Crippen LogP contribution in [-0.2, 0) is 5.41 Å². The predicted molar refractivity (Wildman–Crippen MR) is 97.5 cm³/mol. The first-order chi connectivity index (χ1) is 9.20. The highest BCUT2D eigenvalue weighted by atomic mass is 79.9. The average molecular weight is 393 g/mol. The Labute approximate surface area is 143 Å². The van der Waals surface area contributed by atoms with Crippen molar-refractivity contribution in [3.05, 3.63) is 20.6 Å². The maximum Gasteiger partial charge on any atom is 0.144 e. The lowest BCUT2D eigenvalue weighted by Gasteiger charge is -2.31. The maximum atomic E-state index is 5.43. The van der Waals surface area contributed by atoms with E-state index in [4.69, 9.17) is 12.2 Å². The van der Waals surface area contributed by atoms with Crippen LogP contribution in [0.3, 0.4) is 0 Å². The molecule has 1 aliphatic rings. The number of halogens is 1. The topological polar surface area (TPSA) is 28.7 Å². The van der Waals surface area contributed by atoms with Crippen molar-refractivity contribution in [1.82, 2.24) is 9.97 Å². The zero-order valence-electron chi connectivity index (χ0n) is 12.5. The molecule has 1 aliphatic heterocycles. The van der Waals surface area contributed by atoms with E-state index in [1.807, 2.05) is 23.5 Å². The molecule has 2 nitrogen and oxygen atoms in total. The zero-order chi connectivity index (χ0) is 15.1. The van der Waals surface area contributed by atoms with Gasteiger partial charge >= 0.3 is 0 Å². The van der Waals surface area contributed by atoms with Crippen LogP contribution >= 0.6 is 51.7 Å². The Bertz CT molecular complexity index is 550. The van der Waals surface area contributed by atoms with Crippen LogP contribution in [0, 0.1) is 4.64 Å². The molecule has 1 saturated heterocycles. The van der Waals surface area contributed by atoms with Crippen molar-refractivity contribution in [3.8, 4) is 0 Å². The van der Waals surface area contributed by atoms with Gasteiger partial charge in [0.25, 0.3) is 0 Å². The number of H-pyrrole nitrogens is 1. The largest absolute Gasteiger partial charge is 0.345 e. The van der Waals surface area contributed by atoms with Gasteiger partial charge in [-0.2, -0.15) is 11.8 Å². The molecule has 1 aromatic heterocycles. The van der Waals surface area contributed by atoms with Crippen molar-refractivity contribution in [1.29, 1.82) is 0 Å². The van der Waals surface area contributed by atoms with Crippen molar-refractivity contribution in [2.75, 3.05) is 5.75 Å². The molecule has 0 spiro atoms. The van der Waals surface area contributed by atoms with Crippen molar-refractivity contribution in [2.45, 2.75) is 55.8 Å². The summed E-state index contributed by atoms with van der Waals surface area (Å²) in [7, 11) is 0. The fraction of sp³-hybridized carbons (Fsp3) is 0.714. The minimum atomic E-state index is 0.0233. The summed E-state index contributed by atoms with van der Waals surface area (Å²) < 4.78 is 1.60. The Morgan fingerprint density at radius 2 is 1.95 bits per heavy atom. The van der Waals surface area contributed by atoms with Crippen LogP contribution in [0.25, 0.3) is 0 Å². The summed E-state index contributed by atoms with van der Waals surface area (Å²) in [4.78, 5) is 8.15. The summed E-state index contributed by atoms with van der Waals surface area (Å²) in [5.41, 5.74) is 1.17. The minimum absolute atomic E-state index is 0.0233. The third-order valence-corrected chi connectivity index (χ3v) is 8.22. The second kappa shape index (κ2) is 6.31. The van der Waals surface area contributed by atoms with Crippen LogP contribution in [0.5, 0.6) is 0 Å². The predicted octanol–water partition coefficient (Wildman–Crippen LogP) is 5.50. The second-order valence-electron chi connectivity index (χ2n) is 6.23. The Morgan fingerprint density at radius 1 is 1.30 bits per heavy atom. The van der Waals surface area contributed by atoms with E-state index in [0.29, 0.717) is 20.4 Å². The molecule has 2 rings (SSSR count). The van der Waals surface area contributed by atoms with Crippen LogP contribution in [0.15, 0.2) is 4.47 Å². The third kappa shape index (κ3) is 3.62. The van der Waals surface area contributed by atoms with Gasteiger partial charge in [0.05, 0.1) is 9.72 Å². The van der Waals surface area contributed by atoms with Gasteiger partial charge in [0, 0.05) is 27.4 Å². The van der Waals surface area contributed by atoms with Gasteiger partial charge in [-0.15, -0.1) is 11.8 Å². The van der Waals surface area contributed by atoms with E-state index < -0.39 is 0 Å². The van der Waals surface area contributed by atoms with Gasteiger partial charge < -0.3 is 4.98 Å². The molecule has 0 aliphatic carbocycles. The summed E-state index contributed by atoms with van der Waals surface area (Å²) in [5.74, 6) is 2.12. The molecule has 2 heterocycles. The molecule has 0 amide bonds. The summed E-state index contributed by atoms with van der Waals surface area (Å²) in [6, 6.07) is 0. The fourth-order valence-electron chi connectivity index (χ4n) is 2.07. The zero-order valence-corrected chi connectivity index (χ0v) is 16.5. The molecule has 1 N–H and O–H groups in total. The first-order valence-electron chi connectivity index (χ1n) is 6.77. The molecule has 3 unspecified atom stereocenters. The van der Waals surface area contributed by atoms with E-state index in [0.717, 1.165) is 21.7 Å². The lowest BCUT2D eigenvalue weighted by molar-refractivity contribution is 0.557. The van der Waals surface area contributed by atoms with E-state index in [-0.39, 0.29) is 5.41 Å². The summed E-state index contributed by atoms with van der Waals surface area (Å²) in [5, 5.41) is 1.75. The van der Waals surface area contributed by atoms with Gasteiger partial charge in [-0.25, -0.2) is 4.98 Å². The number of hydrogen-bond acceptors (Lipinski definition) is 4. The molecule has 0 aromatic carbocycles. The molecule has 1 fully saturated rings. The number of rotatable bonds is 1. The van der Waals surface area contributed by atoms with Crippen molar-refractivity contribution < 1.29 is 0 Å². The van der Waals surface area contributed by atoms with Gasteiger partial charge in [-0.05, 0) is 15.9 Å². The van der Waals surface area contributed by atoms with Gasteiger partial charge in [0.2, 0.25) is 0 Å². The molecule has 0 bridgehead atoms. The second-order valence-corrected chi connectivity index (χ2v) is 10.4. The van der Waals surface area contributed by atoms with E-state index in [1.165, 1.54) is 0 Å². The van der Waals surface area contributed by atoms with Crippen molar-refractivity contribution in [2.24, 2.45) is 0 Å². The molecule has 112 valence electrons. The van der Waals surface area contributed by atoms with Crippen LogP contribution in [0.4, 0.5) is 0 Å². The number of thioether (sulfide) groups is 2. The number of nitrogens with zero attached hydrogens (tertiary/aromatic N) is 1. The van der Waals surface area contributed by atoms with Crippen LogP contribution in [0.2, 0.25) is 0 Å². The first-order valence-corrected chi connectivity index (χ1v) is 9.96. The van der Waals surface area contributed by atoms with Gasteiger partial charge in [0.15, 0.2) is 0 Å². The summed E-state index contributed by atoms with van der Waals surface area (Å²) >= 11 is 13.0. The number of aromatic amines is 1. The van der Waals surface area contributed by atoms with E-state index in [9.17, 15) is 0 Å². The van der Waals surface area contributed by atoms with E-state index in [1.54, 1.807) is 0 Å². The molecule has 0 saturated carbocycles. The molecule has 20 heavy (non-hydrogen) atoms. The first kappa shape index (κ1) is 16.8. The van der Waals surface area contributed by atoms with E-state index in [2.05, 4.69) is 60.5 Å². The van der Waals surface area contributed by atoms with Crippen molar-refractivity contribution >= 4 is 51.7 Å². The molecule has 3 atom stereocenters. The highest BCUT2D eigenvalue weighted by Gasteiger charge is 2.29. The van der Waals surface area contributed by atoms with Crippen LogP contribution in [0.1, 0.15) is 51.4 Å². The quantitative estimate of drug-likeness (QED) is 0.638. The van der Waals surface area contributed by atoms with Crippen LogP contribution in [-0.4, -0.2) is 26.2 Å². The summed E-state index contributed by atoms with van der Waals surface area (Å²) in [6.07, 6.45) is 0. The SMILES string of the molecule is CC1SCC(c2nc(=S)c(Br)c(C(C)(C)C)[nH]2)SC1C. The van der Waals surface area contributed by atoms with Crippen LogP contribution < -0.4 is 0 Å². The smallest absolute Gasteiger partial charge is 0.144 e. The van der Waals surface area contributed by atoms with Gasteiger partial charge in [0.1, 0.15) is 10.5 Å². The minimum Gasteiger partial charge on any atom is -0.345 e. The highest BCUT2D eigenvalue weighted by Crippen LogP contribution is 2.43. The Balaban J connectivity index is 2.39. The molecule has 6 heteroatoms. The van der Waals surface area contributed by atoms with Crippen molar-refractivity contribution in [3.63, 3.8) is 0 Å². The standard InChI is InChI=1S/C14H21BrN2S3/c1-7-8(2)20-9(6-19-7)12-16-11(14(3,4)5)10(15)13(18)17-12/h7-9H,6H2,1-5H3,(H,16,17,18). The Kier molecular flexibility index (Phi) is 5.31. The third-order valence-electron chi connectivity index (χ3n) is 3.49. The Morgan fingerprint density at radius 3 is 2.50 bits per heavy atom. The number of nitrogens with one attached hydrogen (secondary N) is 1. The fourth-order valence-corrected chi connectivity index (χ4v) is 5.92. The lowest BCUT2D eigenvalue weighted by Crippen LogP contribution is -2.24.